The Morgan fingerprint density at radius 1 is 1.22 bits per heavy atom. The summed E-state index contributed by atoms with van der Waals surface area (Å²) in [5, 5.41) is 2.91. The summed E-state index contributed by atoms with van der Waals surface area (Å²) in [4.78, 5) is 12.4. The van der Waals surface area contributed by atoms with Crippen LogP contribution >= 0.6 is 12.4 Å². The Hall–Kier alpha value is -1.78. The Morgan fingerprint density at radius 3 is 2.39 bits per heavy atom. The normalized spacial score (nSPS) is 11.0. The SMILES string of the molecule is Cc1ccccc1-n1c(C)cc(C(=O)NCC(C)(C)N)c1C.Cl. The smallest absolute Gasteiger partial charge is 0.253 e. The molecule has 0 radical (unpaired) electrons. The zero-order valence-corrected chi connectivity index (χ0v) is 15.3. The number of benzene rings is 1. The standard InChI is InChI=1S/C18H25N3O.ClH/c1-12-8-6-7-9-16(12)21-13(2)10-15(14(21)3)17(22)20-11-18(4,5)19;/h6-10H,11,19H2,1-5H3,(H,20,22);1H. The summed E-state index contributed by atoms with van der Waals surface area (Å²) in [5.74, 6) is -0.0774. The molecule has 0 bridgehead atoms. The van der Waals surface area contributed by atoms with Gasteiger partial charge in [0.15, 0.2) is 0 Å². The fourth-order valence-electron chi connectivity index (χ4n) is 2.58. The minimum atomic E-state index is -0.419. The van der Waals surface area contributed by atoms with E-state index in [-0.39, 0.29) is 18.3 Å². The Morgan fingerprint density at radius 2 is 1.83 bits per heavy atom. The molecular formula is C18H26ClN3O. The number of hydrogen-bond donors (Lipinski definition) is 2. The number of rotatable bonds is 4. The predicted octanol–water partition coefficient (Wildman–Crippen LogP) is 3.29. The topological polar surface area (TPSA) is 60.0 Å². The number of aromatic nitrogens is 1. The Labute approximate surface area is 144 Å². The fraction of sp³-hybridized carbons (Fsp3) is 0.389. The molecule has 0 aliphatic rings. The summed E-state index contributed by atoms with van der Waals surface area (Å²) in [6.45, 7) is 10.3. The quantitative estimate of drug-likeness (QED) is 0.900. The van der Waals surface area contributed by atoms with Crippen molar-refractivity contribution in [3.05, 3.63) is 52.8 Å². The van der Waals surface area contributed by atoms with E-state index in [2.05, 4.69) is 28.9 Å². The van der Waals surface area contributed by atoms with Crippen molar-refractivity contribution in [1.82, 2.24) is 9.88 Å². The highest BCUT2D eigenvalue weighted by molar-refractivity contribution is 5.96. The number of nitrogens with two attached hydrogens (primary N) is 1. The molecule has 1 aromatic carbocycles. The van der Waals surface area contributed by atoms with E-state index in [0.717, 1.165) is 17.1 Å². The summed E-state index contributed by atoms with van der Waals surface area (Å²) >= 11 is 0. The molecule has 0 unspecified atom stereocenters. The van der Waals surface area contributed by atoms with E-state index in [9.17, 15) is 4.79 Å². The van der Waals surface area contributed by atoms with Crippen molar-refractivity contribution in [1.29, 1.82) is 0 Å². The first-order valence-corrected chi connectivity index (χ1v) is 7.53. The summed E-state index contributed by atoms with van der Waals surface area (Å²) in [5.41, 5.74) is 10.5. The minimum Gasteiger partial charge on any atom is -0.350 e. The van der Waals surface area contributed by atoms with Gasteiger partial charge in [0, 0.05) is 29.2 Å². The van der Waals surface area contributed by atoms with Crippen LogP contribution in [0.15, 0.2) is 30.3 Å². The van der Waals surface area contributed by atoms with Crippen molar-refractivity contribution in [2.45, 2.75) is 40.2 Å². The first-order valence-electron chi connectivity index (χ1n) is 7.53. The molecule has 0 spiro atoms. The average Bonchev–Trinajstić information content (AvgIpc) is 2.72. The highest BCUT2D eigenvalue weighted by atomic mass is 35.5. The van der Waals surface area contributed by atoms with Crippen LogP contribution in [0, 0.1) is 20.8 Å². The van der Waals surface area contributed by atoms with Crippen LogP contribution in [0.4, 0.5) is 0 Å². The number of nitrogens with zero attached hydrogens (tertiary/aromatic N) is 1. The second kappa shape index (κ2) is 7.20. The fourth-order valence-corrected chi connectivity index (χ4v) is 2.58. The van der Waals surface area contributed by atoms with E-state index in [1.54, 1.807) is 0 Å². The van der Waals surface area contributed by atoms with Gasteiger partial charge in [0.2, 0.25) is 0 Å². The Kier molecular flexibility index (Phi) is 6.03. The zero-order chi connectivity index (χ0) is 16.5. The predicted molar refractivity (Wildman–Crippen MR) is 97.8 cm³/mol. The molecule has 1 heterocycles. The monoisotopic (exact) mass is 335 g/mol. The van der Waals surface area contributed by atoms with Crippen molar-refractivity contribution < 1.29 is 4.79 Å². The number of carbonyl (C=O) groups is 1. The molecular weight excluding hydrogens is 310 g/mol. The van der Waals surface area contributed by atoms with E-state index in [1.165, 1.54) is 5.56 Å². The molecule has 126 valence electrons. The van der Waals surface area contributed by atoms with Gasteiger partial charge in [-0.2, -0.15) is 0 Å². The van der Waals surface area contributed by atoms with Crippen LogP contribution in [0.2, 0.25) is 0 Å². The van der Waals surface area contributed by atoms with Crippen LogP contribution in [0.3, 0.4) is 0 Å². The molecule has 0 fully saturated rings. The van der Waals surface area contributed by atoms with Gasteiger partial charge < -0.3 is 15.6 Å². The van der Waals surface area contributed by atoms with Gasteiger partial charge in [-0.05, 0) is 52.3 Å². The van der Waals surface area contributed by atoms with Crippen molar-refractivity contribution in [2.75, 3.05) is 6.54 Å². The van der Waals surface area contributed by atoms with Crippen molar-refractivity contribution in [3.8, 4) is 5.69 Å². The maximum absolute atomic E-state index is 12.4. The van der Waals surface area contributed by atoms with Crippen LogP contribution < -0.4 is 11.1 Å². The number of halogens is 1. The highest BCUT2D eigenvalue weighted by Gasteiger charge is 2.19. The number of hydrogen-bond acceptors (Lipinski definition) is 2. The summed E-state index contributed by atoms with van der Waals surface area (Å²) in [6, 6.07) is 10.1. The lowest BCUT2D eigenvalue weighted by Gasteiger charge is -2.19. The molecule has 1 amide bonds. The molecule has 2 aromatic rings. The molecule has 23 heavy (non-hydrogen) atoms. The zero-order valence-electron chi connectivity index (χ0n) is 14.4. The molecule has 4 nitrogen and oxygen atoms in total. The van der Waals surface area contributed by atoms with Gasteiger partial charge in [-0.1, -0.05) is 18.2 Å². The lowest BCUT2D eigenvalue weighted by atomic mass is 10.1. The molecule has 3 N–H and O–H groups in total. The summed E-state index contributed by atoms with van der Waals surface area (Å²) in [6.07, 6.45) is 0. The minimum absolute atomic E-state index is 0. The van der Waals surface area contributed by atoms with Gasteiger partial charge in [0.1, 0.15) is 0 Å². The van der Waals surface area contributed by atoms with Gasteiger partial charge in [0.25, 0.3) is 5.91 Å². The number of amides is 1. The first kappa shape index (κ1) is 19.3. The van der Waals surface area contributed by atoms with Crippen LogP contribution in [0.5, 0.6) is 0 Å². The third-order valence-electron chi connectivity index (χ3n) is 3.74. The van der Waals surface area contributed by atoms with Crippen molar-refractivity contribution >= 4 is 18.3 Å². The van der Waals surface area contributed by atoms with Gasteiger partial charge in [0.05, 0.1) is 5.56 Å². The first-order chi connectivity index (χ1) is 10.2. The van der Waals surface area contributed by atoms with Crippen LogP contribution in [0.25, 0.3) is 5.69 Å². The van der Waals surface area contributed by atoms with E-state index in [1.807, 2.05) is 45.9 Å². The van der Waals surface area contributed by atoms with Crippen LogP contribution in [0.1, 0.15) is 41.2 Å². The summed E-state index contributed by atoms with van der Waals surface area (Å²) < 4.78 is 2.12. The maximum Gasteiger partial charge on any atom is 0.253 e. The van der Waals surface area contributed by atoms with Gasteiger partial charge in [-0.25, -0.2) is 0 Å². The largest absolute Gasteiger partial charge is 0.350 e. The Balaban J connectivity index is 0.00000264. The lowest BCUT2D eigenvalue weighted by molar-refractivity contribution is 0.0945. The molecule has 0 atom stereocenters. The van der Waals surface area contributed by atoms with Gasteiger partial charge >= 0.3 is 0 Å². The second-order valence-electron chi connectivity index (χ2n) is 6.58. The van der Waals surface area contributed by atoms with Gasteiger partial charge in [-0.15, -0.1) is 12.4 Å². The van der Waals surface area contributed by atoms with E-state index >= 15 is 0 Å². The number of para-hydroxylation sites is 1. The number of aryl methyl sites for hydroxylation is 2. The third-order valence-corrected chi connectivity index (χ3v) is 3.74. The second-order valence-corrected chi connectivity index (χ2v) is 6.58. The van der Waals surface area contributed by atoms with E-state index in [0.29, 0.717) is 12.1 Å². The molecule has 5 heteroatoms. The molecule has 0 aliphatic heterocycles. The number of carbonyl (C=O) groups excluding carboxylic acids is 1. The lowest BCUT2D eigenvalue weighted by Crippen LogP contribution is -2.45. The third kappa shape index (κ3) is 4.36. The van der Waals surface area contributed by atoms with Gasteiger partial charge in [-0.3, -0.25) is 4.79 Å². The molecule has 0 saturated carbocycles. The molecule has 2 rings (SSSR count). The molecule has 1 aromatic heterocycles. The average molecular weight is 336 g/mol. The molecule has 0 saturated heterocycles. The highest BCUT2D eigenvalue weighted by Crippen LogP contribution is 2.23. The maximum atomic E-state index is 12.4. The van der Waals surface area contributed by atoms with E-state index in [4.69, 9.17) is 5.73 Å². The number of nitrogens with one attached hydrogen (secondary N) is 1. The van der Waals surface area contributed by atoms with Crippen LogP contribution in [-0.2, 0) is 0 Å². The van der Waals surface area contributed by atoms with E-state index < -0.39 is 5.54 Å². The van der Waals surface area contributed by atoms with Crippen molar-refractivity contribution in [2.24, 2.45) is 5.73 Å². The van der Waals surface area contributed by atoms with Crippen LogP contribution in [-0.4, -0.2) is 22.6 Å². The Bertz CT molecular complexity index is 699. The summed E-state index contributed by atoms with van der Waals surface area (Å²) in [7, 11) is 0. The van der Waals surface area contributed by atoms with Crippen molar-refractivity contribution in [3.63, 3.8) is 0 Å². The molecule has 0 aliphatic carbocycles.